The first-order valence-electron chi connectivity index (χ1n) is 8.77. The molecule has 1 unspecified atom stereocenters. The van der Waals surface area contributed by atoms with Crippen molar-refractivity contribution in [3.63, 3.8) is 0 Å². The molecule has 1 amide bonds. The van der Waals surface area contributed by atoms with Gasteiger partial charge in [0.1, 0.15) is 19.3 Å². The number of rotatable bonds is 6. The average Bonchev–Trinajstić information content (AvgIpc) is 3.21. The smallest absolute Gasteiger partial charge is 0.410 e. The van der Waals surface area contributed by atoms with Crippen molar-refractivity contribution in [3.05, 3.63) is 70.0 Å². The van der Waals surface area contributed by atoms with Gasteiger partial charge in [0.15, 0.2) is 0 Å². The van der Waals surface area contributed by atoms with Crippen LogP contribution in [0.4, 0.5) is 10.5 Å². The Bertz CT molecular complexity index is 841. The molecular weight excluding hydrogens is 366 g/mol. The van der Waals surface area contributed by atoms with E-state index in [9.17, 15) is 19.7 Å². The maximum Gasteiger partial charge on any atom is 0.410 e. The Morgan fingerprint density at radius 1 is 1.07 bits per heavy atom. The van der Waals surface area contributed by atoms with Gasteiger partial charge in [-0.2, -0.15) is 0 Å². The maximum atomic E-state index is 12.4. The summed E-state index contributed by atoms with van der Waals surface area (Å²) in [5.41, 5.74) is 1.40. The number of aromatic nitrogens is 1. The number of non-ortho nitro benzene ring substituents is 1. The lowest BCUT2D eigenvalue weighted by molar-refractivity contribution is -0.384. The van der Waals surface area contributed by atoms with E-state index in [2.05, 4.69) is 4.98 Å². The van der Waals surface area contributed by atoms with Crippen LogP contribution in [0.3, 0.4) is 0 Å². The van der Waals surface area contributed by atoms with E-state index in [0.717, 1.165) is 5.56 Å². The zero-order chi connectivity index (χ0) is 19.9. The first kappa shape index (κ1) is 19.3. The molecule has 1 fully saturated rings. The summed E-state index contributed by atoms with van der Waals surface area (Å²) in [5, 5.41) is 10.7. The quantitative estimate of drug-likeness (QED) is 0.427. The lowest BCUT2D eigenvalue weighted by atomic mass is 10.2. The van der Waals surface area contributed by atoms with Gasteiger partial charge in [0, 0.05) is 31.1 Å². The molecule has 1 aromatic heterocycles. The molecule has 2 aromatic rings. The third-order valence-corrected chi connectivity index (χ3v) is 4.40. The Morgan fingerprint density at radius 3 is 2.39 bits per heavy atom. The third kappa shape index (κ3) is 4.81. The van der Waals surface area contributed by atoms with Gasteiger partial charge in [0.25, 0.3) is 5.69 Å². The Hall–Kier alpha value is -3.49. The highest BCUT2D eigenvalue weighted by molar-refractivity contribution is 5.82. The molecule has 0 aliphatic carbocycles. The maximum absolute atomic E-state index is 12.4. The average molecular weight is 385 g/mol. The van der Waals surface area contributed by atoms with E-state index in [0.29, 0.717) is 24.9 Å². The van der Waals surface area contributed by atoms with Crippen LogP contribution in [-0.2, 0) is 27.5 Å². The Balaban J connectivity index is 1.52. The Kier molecular flexibility index (Phi) is 6.15. The molecule has 1 aliphatic heterocycles. The van der Waals surface area contributed by atoms with Crippen molar-refractivity contribution in [3.8, 4) is 0 Å². The normalized spacial score (nSPS) is 15.9. The second kappa shape index (κ2) is 8.94. The number of nitrogens with zero attached hydrogens (tertiary/aromatic N) is 3. The minimum atomic E-state index is -0.692. The summed E-state index contributed by atoms with van der Waals surface area (Å²) in [7, 11) is 0. The van der Waals surface area contributed by atoms with Crippen LogP contribution in [0.25, 0.3) is 0 Å². The summed E-state index contributed by atoms with van der Waals surface area (Å²) in [6.07, 6.45) is 3.84. The minimum absolute atomic E-state index is 0.0206. The molecule has 28 heavy (non-hydrogen) atoms. The van der Waals surface area contributed by atoms with Crippen molar-refractivity contribution in [2.45, 2.75) is 32.1 Å². The van der Waals surface area contributed by atoms with Crippen LogP contribution in [0.2, 0.25) is 0 Å². The van der Waals surface area contributed by atoms with E-state index >= 15 is 0 Å². The lowest BCUT2D eigenvalue weighted by Gasteiger charge is -2.22. The van der Waals surface area contributed by atoms with Gasteiger partial charge in [0.05, 0.1) is 4.92 Å². The fourth-order valence-electron chi connectivity index (χ4n) is 2.90. The van der Waals surface area contributed by atoms with E-state index in [1.807, 2.05) is 0 Å². The molecule has 9 nitrogen and oxygen atoms in total. The van der Waals surface area contributed by atoms with Crippen LogP contribution >= 0.6 is 0 Å². The number of hydrogen-bond donors (Lipinski definition) is 0. The monoisotopic (exact) mass is 385 g/mol. The number of amides is 1. The second-order valence-electron chi connectivity index (χ2n) is 6.29. The van der Waals surface area contributed by atoms with Crippen LogP contribution in [0, 0.1) is 10.1 Å². The lowest BCUT2D eigenvalue weighted by Crippen LogP contribution is -2.41. The molecule has 0 bridgehead atoms. The van der Waals surface area contributed by atoms with Gasteiger partial charge in [-0.25, -0.2) is 9.59 Å². The first-order chi connectivity index (χ1) is 13.5. The number of benzene rings is 1. The number of likely N-dealkylation sites (tertiary alicyclic amines) is 1. The Morgan fingerprint density at radius 2 is 1.71 bits per heavy atom. The molecule has 1 aliphatic rings. The van der Waals surface area contributed by atoms with E-state index in [1.54, 1.807) is 24.5 Å². The molecule has 0 saturated carbocycles. The van der Waals surface area contributed by atoms with Crippen molar-refractivity contribution in [2.75, 3.05) is 6.54 Å². The van der Waals surface area contributed by atoms with Crippen molar-refractivity contribution in [1.82, 2.24) is 9.88 Å². The van der Waals surface area contributed by atoms with Crippen molar-refractivity contribution < 1.29 is 24.0 Å². The van der Waals surface area contributed by atoms with Gasteiger partial charge in [0.2, 0.25) is 0 Å². The van der Waals surface area contributed by atoms with Crippen LogP contribution in [0.15, 0.2) is 48.8 Å². The molecule has 0 spiro atoms. The molecule has 0 radical (unpaired) electrons. The molecular formula is C19H19N3O6. The summed E-state index contributed by atoms with van der Waals surface area (Å²) >= 11 is 0. The number of hydrogen-bond acceptors (Lipinski definition) is 7. The van der Waals surface area contributed by atoms with Gasteiger partial charge in [-0.1, -0.05) is 0 Å². The zero-order valence-electron chi connectivity index (χ0n) is 15.0. The Labute approximate surface area is 161 Å². The van der Waals surface area contributed by atoms with Gasteiger partial charge in [-0.05, 0) is 48.2 Å². The van der Waals surface area contributed by atoms with E-state index < -0.39 is 23.0 Å². The highest BCUT2D eigenvalue weighted by Gasteiger charge is 2.36. The minimum Gasteiger partial charge on any atom is -0.459 e. The summed E-state index contributed by atoms with van der Waals surface area (Å²) in [6.45, 7) is 0.502. The number of pyridine rings is 1. The fraction of sp³-hybridized carbons (Fsp3) is 0.316. The molecule has 2 heterocycles. The fourth-order valence-corrected chi connectivity index (χ4v) is 2.90. The van der Waals surface area contributed by atoms with Crippen molar-refractivity contribution in [1.29, 1.82) is 0 Å². The van der Waals surface area contributed by atoms with Crippen LogP contribution in [-0.4, -0.2) is 39.5 Å². The summed E-state index contributed by atoms with van der Waals surface area (Å²) in [4.78, 5) is 40.2. The number of esters is 1. The predicted octanol–water partition coefficient (Wildman–Crippen LogP) is 2.83. The number of carbonyl (C=O) groups is 2. The largest absolute Gasteiger partial charge is 0.459 e. The number of ether oxygens (including phenoxy) is 2. The van der Waals surface area contributed by atoms with Crippen LogP contribution in [0.5, 0.6) is 0 Å². The SMILES string of the molecule is O=C(OCc1ccc([N+](=O)[O-])cc1)C1CCCN1C(=O)OCc1ccncc1. The molecule has 1 aromatic carbocycles. The molecule has 1 saturated heterocycles. The standard InChI is InChI=1S/C19H19N3O6/c23-18(27-12-14-3-5-16(6-4-14)22(25)26)17-2-1-11-21(17)19(24)28-13-15-7-9-20-10-8-15/h3-10,17H,1-2,11-13H2. The first-order valence-corrected chi connectivity index (χ1v) is 8.77. The van der Waals surface area contributed by atoms with E-state index in [4.69, 9.17) is 9.47 Å². The number of nitro groups is 1. The van der Waals surface area contributed by atoms with Gasteiger partial charge in [-0.3, -0.25) is 20.0 Å². The second-order valence-corrected chi connectivity index (χ2v) is 6.29. The highest BCUT2D eigenvalue weighted by atomic mass is 16.6. The van der Waals surface area contributed by atoms with Gasteiger partial charge in [-0.15, -0.1) is 0 Å². The number of nitro benzene ring substituents is 1. The topological polar surface area (TPSA) is 112 Å². The third-order valence-electron chi connectivity index (χ3n) is 4.40. The summed E-state index contributed by atoms with van der Waals surface area (Å²) < 4.78 is 10.6. The molecule has 0 N–H and O–H groups in total. The summed E-state index contributed by atoms with van der Waals surface area (Å²) in [6, 6.07) is 8.55. The highest BCUT2D eigenvalue weighted by Crippen LogP contribution is 2.21. The number of carbonyl (C=O) groups excluding carboxylic acids is 2. The zero-order valence-corrected chi connectivity index (χ0v) is 15.0. The molecule has 9 heteroatoms. The van der Waals surface area contributed by atoms with Crippen LogP contribution < -0.4 is 0 Å². The van der Waals surface area contributed by atoms with Gasteiger partial charge >= 0.3 is 12.1 Å². The van der Waals surface area contributed by atoms with Crippen molar-refractivity contribution >= 4 is 17.7 Å². The summed E-state index contributed by atoms with van der Waals surface area (Å²) in [5.74, 6) is -0.517. The van der Waals surface area contributed by atoms with Gasteiger partial charge < -0.3 is 9.47 Å². The predicted molar refractivity (Wildman–Crippen MR) is 97.0 cm³/mol. The van der Waals surface area contributed by atoms with Crippen LogP contribution in [0.1, 0.15) is 24.0 Å². The molecule has 146 valence electrons. The van der Waals surface area contributed by atoms with E-state index in [1.165, 1.54) is 29.2 Å². The van der Waals surface area contributed by atoms with E-state index in [-0.39, 0.29) is 18.9 Å². The molecule has 3 rings (SSSR count). The molecule has 1 atom stereocenters. The van der Waals surface area contributed by atoms with Crippen molar-refractivity contribution in [2.24, 2.45) is 0 Å².